The van der Waals surface area contributed by atoms with E-state index >= 15 is 0 Å². The zero-order valence-corrected chi connectivity index (χ0v) is 15.2. The van der Waals surface area contributed by atoms with Crippen LogP contribution in [0.25, 0.3) is 11.0 Å². The van der Waals surface area contributed by atoms with Gasteiger partial charge in [0.1, 0.15) is 5.75 Å². The van der Waals surface area contributed by atoms with Crippen molar-refractivity contribution >= 4 is 29.2 Å². The number of aryl methyl sites for hydroxylation is 1. The lowest BCUT2D eigenvalue weighted by molar-refractivity contribution is 0.0735. The van der Waals surface area contributed by atoms with E-state index in [1.165, 1.54) is 5.56 Å². The minimum absolute atomic E-state index is 0.385. The highest BCUT2D eigenvalue weighted by Crippen LogP contribution is 2.16. The molecule has 0 saturated carbocycles. The summed E-state index contributed by atoms with van der Waals surface area (Å²) in [6, 6.07) is 22.0. The minimum atomic E-state index is -0.385. The monoisotopic (exact) mass is 370 g/mol. The summed E-state index contributed by atoms with van der Waals surface area (Å²) < 4.78 is 5.36. The predicted molar refractivity (Wildman–Crippen MR) is 110 cm³/mol. The Labute approximate surface area is 161 Å². The smallest absolute Gasteiger partial charge is 0.343 e. The first-order valence-electron chi connectivity index (χ1n) is 8.80. The Morgan fingerprint density at radius 3 is 2.64 bits per heavy atom. The van der Waals surface area contributed by atoms with Crippen molar-refractivity contribution < 1.29 is 9.53 Å². The SMILES string of the molecule is Cc1ccc2nc(N/N=C\c3ccc(OC(=O)c4ccccc4)cc3)[nH]c2c1. The number of carbonyl (C=O) groups is 1. The molecule has 4 aromatic rings. The maximum Gasteiger partial charge on any atom is 0.343 e. The second-order valence-corrected chi connectivity index (χ2v) is 6.30. The number of nitrogens with one attached hydrogen (secondary N) is 2. The van der Waals surface area contributed by atoms with Gasteiger partial charge in [0.2, 0.25) is 5.95 Å². The summed E-state index contributed by atoms with van der Waals surface area (Å²) in [6.45, 7) is 2.03. The fraction of sp³-hybridized carbons (Fsp3) is 0.0455. The Bertz CT molecular complexity index is 1130. The quantitative estimate of drug-likeness (QED) is 0.234. The van der Waals surface area contributed by atoms with Gasteiger partial charge in [-0.05, 0) is 66.6 Å². The maximum absolute atomic E-state index is 12.1. The number of imidazole rings is 1. The van der Waals surface area contributed by atoms with Gasteiger partial charge in [-0.1, -0.05) is 24.3 Å². The first kappa shape index (κ1) is 17.5. The number of nitrogens with zero attached hydrogens (tertiary/aromatic N) is 2. The number of carbonyl (C=O) groups excluding carboxylic acids is 1. The number of hydrazone groups is 1. The van der Waals surface area contributed by atoms with Crippen LogP contribution in [0, 0.1) is 6.92 Å². The lowest BCUT2D eigenvalue weighted by Gasteiger charge is -2.04. The molecule has 6 nitrogen and oxygen atoms in total. The number of hydrogen-bond acceptors (Lipinski definition) is 5. The van der Waals surface area contributed by atoms with Crippen molar-refractivity contribution in [3.05, 3.63) is 89.5 Å². The third-order valence-corrected chi connectivity index (χ3v) is 4.12. The van der Waals surface area contributed by atoms with Gasteiger partial charge in [-0.2, -0.15) is 5.10 Å². The Morgan fingerprint density at radius 2 is 1.86 bits per heavy atom. The van der Waals surface area contributed by atoms with Gasteiger partial charge in [0.05, 0.1) is 22.8 Å². The normalized spacial score (nSPS) is 11.0. The van der Waals surface area contributed by atoms with Crippen molar-refractivity contribution in [1.29, 1.82) is 0 Å². The van der Waals surface area contributed by atoms with Gasteiger partial charge in [-0.25, -0.2) is 15.2 Å². The topological polar surface area (TPSA) is 79.4 Å². The van der Waals surface area contributed by atoms with Crippen LogP contribution in [0.1, 0.15) is 21.5 Å². The van der Waals surface area contributed by atoms with Crippen LogP contribution in [0.2, 0.25) is 0 Å². The van der Waals surface area contributed by atoms with Gasteiger partial charge < -0.3 is 9.72 Å². The van der Waals surface area contributed by atoms with Crippen LogP contribution in [-0.2, 0) is 0 Å². The molecule has 0 atom stereocenters. The van der Waals surface area contributed by atoms with E-state index in [0.717, 1.165) is 16.6 Å². The van der Waals surface area contributed by atoms with Gasteiger partial charge in [-0.3, -0.25) is 0 Å². The zero-order chi connectivity index (χ0) is 19.3. The lowest BCUT2D eigenvalue weighted by Crippen LogP contribution is -2.08. The van der Waals surface area contributed by atoms with Crippen molar-refractivity contribution in [1.82, 2.24) is 9.97 Å². The van der Waals surface area contributed by atoms with E-state index in [0.29, 0.717) is 17.3 Å². The molecule has 0 fully saturated rings. The molecule has 0 aliphatic rings. The summed E-state index contributed by atoms with van der Waals surface area (Å²) in [6.07, 6.45) is 1.67. The predicted octanol–water partition coefficient (Wildman–Crippen LogP) is 4.54. The molecule has 0 aliphatic carbocycles. The van der Waals surface area contributed by atoms with E-state index in [1.807, 2.05) is 43.3 Å². The molecule has 0 unspecified atom stereocenters. The molecular formula is C22H18N4O2. The van der Waals surface area contributed by atoms with Crippen molar-refractivity contribution in [2.24, 2.45) is 5.10 Å². The molecular weight excluding hydrogens is 352 g/mol. The van der Waals surface area contributed by atoms with Crippen LogP contribution in [0.15, 0.2) is 77.9 Å². The first-order valence-corrected chi connectivity index (χ1v) is 8.80. The van der Waals surface area contributed by atoms with E-state index in [4.69, 9.17) is 4.74 Å². The Morgan fingerprint density at radius 1 is 1.07 bits per heavy atom. The zero-order valence-electron chi connectivity index (χ0n) is 15.2. The third kappa shape index (κ3) is 4.07. The fourth-order valence-corrected chi connectivity index (χ4v) is 2.71. The number of rotatable bonds is 5. The molecule has 28 heavy (non-hydrogen) atoms. The highest BCUT2D eigenvalue weighted by molar-refractivity contribution is 5.91. The third-order valence-electron chi connectivity index (χ3n) is 4.12. The molecule has 1 heterocycles. The number of anilines is 1. The van der Waals surface area contributed by atoms with Crippen LogP contribution in [0.5, 0.6) is 5.75 Å². The van der Waals surface area contributed by atoms with E-state index < -0.39 is 0 Å². The largest absolute Gasteiger partial charge is 0.423 e. The van der Waals surface area contributed by atoms with Gasteiger partial charge in [0, 0.05) is 0 Å². The van der Waals surface area contributed by atoms with Crippen molar-refractivity contribution in [3.8, 4) is 5.75 Å². The molecule has 1 aromatic heterocycles. The van der Waals surface area contributed by atoms with Gasteiger partial charge >= 0.3 is 5.97 Å². The lowest BCUT2D eigenvalue weighted by atomic mass is 10.2. The molecule has 2 N–H and O–H groups in total. The molecule has 6 heteroatoms. The summed E-state index contributed by atoms with van der Waals surface area (Å²) in [5.41, 5.74) is 7.27. The highest BCUT2D eigenvalue weighted by atomic mass is 16.5. The number of esters is 1. The minimum Gasteiger partial charge on any atom is -0.423 e. The molecule has 0 radical (unpaired) electrons. The molecule has 0 aliphatic heterocycles. The van der Waals surface area contributed by atoms with Crippen molar-refractivity contribution in [3.63, 3.8) is 0 Å². The van der Waals surface area contributed by atoms with E-state index in [9.17, 15) is 4.79 Å². The maximum atomic E-state index is 12.1. The highest BCUT2D eigenvalue weighted by Gasteiger charge is 2.07. The average molecular weight is 370 g/mol. The number of ether oxygens (including phenoxy) is 1. The van der Waals surface area contributed by atoms with Crippen LogP contribution < -0.4 is 10.2 Å². The molecule has 0 amide bonds. The molecule has 3 aromatic carbocycles. The van der Waals surface area contributed by atoms with Gasteiger partial charge in [0.25, 0.3) is 0 Å². The second kappa shape index (κ2) is 7.75. The van der Waals surface area contributed by atoms with Gasteiger partial charge in [0.15, 0.2) is 0 Å². The van der Waals surface area contributed by atoms with E-state index in [2.05, 4.69) is 20.5 Å². The van der Waals surface area contributed by atoms with Crippen LogP contribution in [0.4, 0.5) is 5.95 Å². The summed E-state index contributed by atoms with van der Waals surface area (Å²) in [5, 5.41) is 4.19. The Balaban J connectivity index is 1.37. The molecule has 0 spiro atoms. The summed E-state index contributed by atoms with van der Waals surface area (Å²) in [5.74, 6) is 0.667. The van der Waals surface area contributed by atoms with Crippen molar-refractivity contribution in [2.75, 3.05) is 5.43 Å². The van der Waals surface area contributed by atoms with E-state index in [-0.39, 0.29) is 5.97 Å². The number of hydrogen-bond donors (Lipinski definition) is 2. The van der Waals surface area contributed by atoms with Gasteiger partial charge in [-0.15, -0.1) is 0 Å². The second-order valence-electron chi connectivity index (χ2n) is 6.30. The number of aromatic amines is 1. The van der Waals surface area contributed by atoms with Crippen LogP contribution in [0.3, 0.4) is 0 Å². The Hall–Kier alpha value is -3.93. The first-order chi connectivity index (χ1) is 13.7. The number of aromatic nitrogens is 2. The Kier molecular flexibility index (Phi) is 4.84. The number of fused-ring (bicyclic) bond motifs is 1. The average Bonchev–Trinajstić information content (AvgIpc) is 3.12. The molecule has 0 saturated heterocycles. The van der Waals surface area contributed by atoms with Crippen LogP contribution in [-0.4, -0.2) is 22.2 Å². The fourth-order valence-electron chi connectivity index (χ4n) is 2.71. The molecule has 0 bridgehead atoms. The van der Waals surface area contributed by atoms with Crippen molar-refractivity contribution in [2.45, 2.75) is 6.92 Å². The summed E-state index contributed by atoms with van der Waals surface area (Å²) >= 11 is 0. The standard InChI is InChI=1S/C22H18N4O2/c1-15-7-12-19-20(13-15)25-22(24-19)26-23-14-16-8-10-18(11-9-16)28-21(27)17-5-3-2-4-6-17/h2-14H,1H3,(H2,24,25,26)/b23-14-. The number of H-pyrrole nitrogens is 1. The van der Waals surface area contributed by atoms with Crippen LogP contribution >= 0.6 is 0 Å². The molecule has 138 valence electrons. The summed E-state index contributed by atoms with van der Waals surface area (Å²) in [4.78, 5) is 19.7. The molecule has 4 rings (SSSR count). The number of benzene rings is 3. The summed E-state index contributed by atoms with van der Waals surface area (Å²) in [7, 11) is 0. The van der Waals surface area contributed by atoms with E-state index in [1.54, 1.807) is 42.6 Å².